The molecule has 1 aromatic heterocycles. The summed E-state index contributed by atoms with van der Waals surface area (Å²) in [5.41, 5.74) is 0.998. The zero-order chi connectivity index (χ0) is 13.8. The van der Waals surface area contributed by atoms with E-state index in [1.165, 1.54) is 0 Å². The van der Waals surface area contributed by atoms with E-state index in [9.17, 15) is 0 Å². The molecule has 1 saturated heterocycles. The number of rotatable bonds is 4. The molecule has 2 heterocycles. The summed E-state index contributed by atoms with van der Waals surface area (Å²) >= 11 is 0. The minimum Gasteiger partial charge on any atom is -0.339 e. The van der Waals surface area contributed by atoms with Gasteiger partial charge in [-0.3, -0.25) is 4.90 Å². The number of benzene rings is 1. The van der Waals surface area contributed by atoms with Crippen LogP contribution in [0.3, 0.4) is 0 Å². The van der Waals surface area contributed by atoms with Crippen LogP contribution in [0.1, 0.15) is 12.8 Å². The highest BCUT2D eigenvalue weighted by atomic mass is 16.5. The summed E-state index contributed by atoms with van der Waals surface area (Å²) in [5.74, 6) is 1.39. The topological polar surface area (TPSA) is 54.2 Å². The molecule has 1 fully saturated rings. The van der Waals surface area contributed by atoms with Crippen molar-refractivity contribution in [2.24, 2.45) is 0 Å². The first kappa shape index (κ1) is 13.3. The van der Waals surface area contributed by atoms with Crippen LogP contribution in [0.15, 0.2) is 34.9 Å². The van der Waals surface area contributed by atoms with Crippen molar-refractivity contribution in [3.8, 4) is 11.4 Å². The molecule has 106 valence electrons. The first-order chi connectivity index (χ1) is 9.83. The van der Waals surface area contributed by atoms with E-state index in [0.717, 1.165) is 44.1 Å². The molecule has 1 atom stereocenters. The Balaban J connectivity index is 1.60. The summed E-state index contributed by atoms with van der Waals surface area (Å²) in [6, 6.07) is 10.5. The van der Waals surface area contributed by atoms with Crippen molar-refractivity contribution < 1.29 is 4.52 Å². The van der Waals surface area contributed by atoms with Gasteiger partial charge in [0.05, 0.1) is 0 Å². The van der Waals surface area contributed by atoms with Crippen LogP contribution in [-0.4, -0.2) is 47.3 Å². The van der Waals surface area contributed by atoms with Gasteiger partial charge < -0.3 is 9.84 Å². The molecule has 0 unspecified atom stereocenters. The molecule has 5 heteroatoms. The average molecular weight is 272 g/mol. The van der Waals surface area contributed by atoms with Crippen molar-refractivity contribution in [1.29, 1.82) is 0 Å². The summed E-state index contributed by atoms with van der Waals surface area (Å²) in [5, 5.41) is 7.45. The maximum atomic E-state index is 5.34. The molecule has 0 saturated carbocycles. The average Bonchev–Trinajstić information content (AvgIpc) is 2.96. The monoisotopic (exact) mass is 272 g/mol. The quantitative estimate of drug-likeness (QED) is 0.915. The van der Waals surface area contributed by atoms with Crippen LogP contribution in [0, 0.1) is 0 Å². The van der Waals surface area contributed by atoms with Crippen LogP contribution in [-0.2, 0) is 6.42 Å². The third-order valence-electron chi connectivity index (χ3n) is 3.75. The first-order valence-corrected chi connectivity index (χ1v) is 7.16. The minimum atomic E-state index is 0.570. The van der Waals surface area contributed by atoms with Gasteiger partial charge in [-0.1, -0.05) is 35.5 Å². The van der Waals surface area contributed by atoms with Crippen LogP contribution in [0.5, 0.6) is 0 Å². The van der Waals surface area contributed by atoms with E-state index in [1.54, 1.807) is 0 Å². The van der Waals surface area contributed by atoms with E-state index in [2.05, 4.69) is 27.3 Å². The molecule has 1 aliphatic heterocycles. The highest BCUT2D eigenvalue weighted by Gasteiger charge is 2.18. The Labute approximate surface area is 119 Å². The molecule has 5 nitrogen and oxygen atoms in total. The number of hydrogen-bond donors (Lipinski definition) is 1. The third-order valence-corrected chi connectivity index (χ3v) is 3.75. The zero-order valence-corrected chi connectivity index (χ0v) is 11.7. The number of nitrogens with one attached hydrogen (secondary N) is 1. The van der Waals surface area contributed by atoms with Gasteiger partial charge in [-0.15, -0.1) is 0 Å². The summed E-state index contributed by atoms with van der Waals surface area (Å²) in [6.07, 6.45) is 0.810. The third kappa shape index (κ3) is 3.05. The zero-order valence-electron chi connectivity index (χ0n) is 11.7. The Hall–Kier alpha value is -1.72. The molecule has 0 amide bonds. The highest BCUT2D eigenvalue weighted by molar-refractivity contribution is 5.53. The maximum absolute atomic E-state index is 5.34. The molecule has 0 bridgehead atoms. The second-order valence-corrected chi connectivity index (χ2v) is 5.22. The normalized spacial score (nSPS) is 20.1. The maximum Gasteiger partial charge on any atom is 0.228 e. The number of nitrogens with zero attached hydrogens (tertiary/aromatic N) is 3. The van der Waals surface area contributed by atoms with E-state index in [-0.39, 0.29) is 0 Å². The number of piperazine rings is 1. The molecule has 0 radical (unpaired) electrons. The predicted molar refractivity (Wildman–Crippen MR) is 77.3 cm³/mol. The summed E-state index contributed by atoms with van der Waals surface area (Å²) < 4.78 is 5.34. The Morgan fingerprint density at radius 3 is 3.00 bits per heavy atom. The fourth-order valence-electron chi connectivity index (χ4n) is 2.52. The van der Waals surface area contributed by atoms with Crippen LogP contribution >= 0.6 is 0 Å². The minimum absolute atomic E-state index is 0.570. The number of hydrogen-bond acceptors (Lipinski definition) is 5. The largest absolute Gasteiger partial charge is 0.339 e. The second kappa shape index (κ2) is 6.15. The van der Waals surface area contributed by atoms with Gasteiger partial charge in [-0.2, -0.15) is 4.98 Å². The Kier molecular flexibility index (Phi) is 4.08. The Morgan fingerprint density at radius 2 is 2.20 bits per heavy atom. The molecule has 1 N–H and O–H groups in total. The first-order valence-electron chi connectivity index (χ1n) is 7.16. The van der Waals surface area contributed by atoms with Gasteiger partial charge in [0.15, 0.2) is 0 Å². The molecule has 20 heavy (non-hydrogen) atoms. The van der Waals surface area contributed by atoms with Crippen LogP contribution < -0.4 is 5.32 Å². The van der Waals surface area contributed by atoms with E-state index in [4.69, 9.17) is 4.52 Å². The highest BCUT2D eigenvalue weighted by Crippen LogP contribution is 2.15. The molecule has 0 aliphatic carbocycles. The van der Waals surface area contributed by atoms with Gasteiger partial charge in [-0.05, 0) is 6.92 Å². The van der Waals surface area contributed by atoms with Crippen molar-refractivity contribution in [3.63, 3.8) is 0 Å². The number of aromatic nitrogens is 2. The van der Waals surface area contributed by atoms with E-state index < -0.39 is 0 Å². The molecular formula is C15H20N4O. The van der Waals surface area contributed by atoms with Crippen LogP contribution in [0.2, 0.25) is 0 Å². The van der Waals surface area contributed by atoms with Crippen molar-refractivity contribution in [2.45, 2.75) is 19.4 Å². The van der Waals surface area contributed by atoms with Gasteiger partial charge >= 0.3 is 0 Å². The summed E-state index contributed by atoms with van der Waals surface area (Å²) in [6.45, 7) is 6.41. The standard InChI is InChI=1S/C15H20N4O/c1-12-11-16-8-10-19(12)9-7-14-17-15(18-20-14)13-5-3-2-4-6-13/h2-6,12,16H,7-11H2,1H3/t12-/m0/s1. The lowest BCUT2D eigenvalue weighted by atomic mass is 10.2. The van der Waals surface area contributed by atoms with E-state index in [0.29, 0.717) is 11.9 Å². The van der Waals surface area contributed by atoms with E-state index >= 15 is 0 Å². The lowest BCUT2D eigenvalue weighted by Crippen LogP contribution is -2.50. The van der Waals surface area contributed by atoms with Gasteiger partial charge in [0, 0.05) is 44.2 Å². The molecule has 1 aromatic carbocycles. The van der Waals surface area contributed by atoms with Gasteiger partial charge in [0.1, 0.15) is 0 Å². The van der Waals surface area contributed by atoms with Crippen molar-refractivity contribution in [2.75, 3.05) is 26.2 Å². The summed E-state index contributed by atoms with van der Waals surface area (Å²) in [4.78, 5) is 6.93. The Bertz CT molecular complexity index is 540. The molecule has 1 aliphatic rings. The van der Waals surface area contributed by atoms with Gasteiger partial charge in [0.2, 0.25) is 11.7 Å². The Morgan fingerprint density at radius 1 is 1.35 bits per heavy atom. The molecule has 0 spiro atoms. The summed E-state index contributed by atoms with van der Waals surface area (Å²) in [7, 11) is 0. The van der Waals surface area contributed by atoms with Crippen LogP contribution in [0.25, 0.3) is 11.4 Å². The second-order valence-electron chi connectivity index (χ2n) is 5.22. The lowest BCUT2D eigenvalue weighted by molar-refractivity contribution is 0.171. The smallest absolute Gasteiger partial charge is 0.228 e. The van der Waals surface area contributed by atoms with Gasteiger partial charge in [0.25, 0.3) is 0 Å². The van der Waals surface area contributed by atoms with Crippen LogP contribution in [0.4, 0.5) is 0 Å². The molecular weight excluding hydrogens is 252 g/mol. The lowest BCUT2D eigenvalue weighted by Gasteiger charge is -2.33. The fourth-order valence-corrected chi connectivity index (χ4v) is 2.52. The molecule has 3 rings (SSSR count). The van der Waals surface area contributed by atoms with Crippen molar-refractivity contribution >= 4 is 0 Å². The van der Waals surface area contributed by atoms with E-state index in [1.807, 2.05) is 30.3 Å². The molecule has 2 aromatic rings. The van der Waals surface area contributed by atoms with Gasteiger partial charge in [-0.25, -0.2) is 0 Å². The predicted octanol–water partition coefficient (Wildman–Crippen LogP) is 1.57. The SMILES string of the molecule is C[C@H]1CNCCN1CCc1nc(-c2ccccc2)no1. The van der Waals surface area contributed by atoms with Crippen molar-refractivity contribution in [1.82, 2.24) is 20.4 Å². The fraction of sp³-hybridized carbons (Fsp3) is 0.467. The van der Waals surface area contributed by atoms with Crippen molar-refractivity contribution in [3.05, 3.63) is 36.2 Å².